The van der Waals surface area contributed by atoms with Crippen molar-refractivity contribution in [3.8, 4) is 0 Å². The monoisotopic (exact) mass is 440 g/mol. The molecule has 2 heterocycles. The van der Waals surface area contributed by atoms with Gasteiger partial charge in [0.15, 0.2) is 0 Å². The first kappa shape index (κ1) is 18.4. The van der Waals surface area contributed by atoms with Crippen molar-refractivity contribution in [1.82, 2.24) is 10.2 Å². The molecule has 0 aliphatic carbocycles. The van der Waals surface area contributed by atoms with E-state index in [1.54, 1.807) is 11.3 Å². The van der Waals surface area contributed by atoms with E-state index in [-0.39, 0.29) is 11.9 Å². The van der Waals surface area contributed by atoms with Crippen LogP contribution in [0.5, 0.6) is 0 Å². The lowest BCUT2D eigenvalue weighted by molar-refractivity contribution is 0.0928. The lowest BCUT2D eigenvalue weighted by Crippen LogP contribution is -2.40. The Morgan fingerprint density at radius 1 is 1.11 bits per heavy atom. The zero-order valence-corrected chi connectivity index (χ0v) is 17.3. The molecule has 1 aliphatic heterocycles. The van der Waals surface area contributed by atoms with Crippen LogP contribution in [0.3, 0.4) is 0 Å². The van der Waals surface area contributed by atoms with Crippen molar-refractivity contribution in [3.05, 3.63) is 92.1 Å². The van der Waals surface area contributed by atoms with Gasteiger partial charge in [-0.25, -0.2) is 0 Å². The van der Waals surface area contributed by atoms with Gasteiger partial charge in [-0.15, -0.1) is 11.3 Å². The number of rotatable bonds is 5. The Labute approximate surface area is 172 Å². The highest BCUT2D eigenvalue weighted by molar-refractivity contribution is 9.10. The molecule has 0 unspecified atom stereocenters. The van der Waals surface area contributed by atoms with Crippen LogP contribution >= 0.6 is 27.3 Å². The zero-order chi connectivity index (χ0) is 18.6. The number of hydrogen-bond acceptors (Lipinski definition) is 3. The first-order chi connectivity index (χ1) is 13.2. The van der Waals surface area contributed by atoms with E-state index in [9.17, 15) is 4.79 Å². The second-order valence-corrected chi connectivity index (χ2v) is 8.64. The predicted octanol–water partition coefficient (Wildman–Crippen LogP) is 5.04. The van der Waals surface area contributed by atoms with Gasteiger partial charge in [-0.05, 0) is 47.2 Å². The van der Waals surface area contributed by atoms with Gasteiger partial charge in [0.05, 0.1) is 6.04 Å². The molecule has 1 N–H and O–H groups in total. The van der Waals surface area contributed by atoms with E-state index in [4.69, 9.17) is 0 Å². The summed E-state index contributed by atoms with van der Waals surface area (Å²) in [5, 5.41) is 5.25. The minimum Gasteiger partial charge on any atom is -0.350 e. The molecule has 0 saturated heterocycles. The van der Waals surface area contributed by atoms with Gasteiger partial charge in [-0.3, -0.25) is 9.69 Å². The maximum atomic E-state index is 12.6. The van der Waals surface area contributed by atoms with Crippen molar-refractivity contribution in [2.75, 3.05) is 13.1 Å². The number of nitrogens with one attached hydrogen (secondary N) is 1. The summed E-state index contributed by atoms with van der Waals surface area (Å²) >= 11 is 5.19. The predicted molar refractivity (Wildman–Crippen MR) is 114 cm³/mol. The fourth-order valence-corrected chi connectivity index (χ4v) is 4.86. The zero-order valence-electron chi connectivity index (χ0n) is 14.9. The quantitative estimate of drug-likeness (QED) is 0.602. The van der Waals surface area contributed by atoms with Gasteiger partial charge in [0.25, 0.3) is 5.91 Å². The number of benzene rings is 2. The largest absolute Gasteiger partial charge is 0.350 e. The van der Waals surface area contributed by atoms with Gasteiger partial charge in [0, 0.05) is 34.5 Å². The van der Waals surface area contributed by atoms with E-state index in [1.165, 1.54) is 16.0 Å². The fourth-order valence-electron chi connectivity index (χ4n) is 3.60. The van der Waals surface area contributed by atoms with Crippen LogP contribution in [0.4, 0.5) is 0 Å². The molecule has 1 aliphatic rings. The number of thiophene rings is 1. The molecule has 0 spiro atoms. The molecule has 3 aromatic rings. The average molecular weight is 441 g/mol. The van der Waals surface area contributed by atoms with Crippen molar-refractivity contribution in [2.24, 2.45) is 0 Å². The minimum atomic E-state index is -0.0322. The van der Waals surface area contributed by atoms with E-state index in [1.807, 2.05) is 24.3 Å². The molecule has 5 heteroatoms. The highest BCUT2D eigenvalue weighted by Gasteiger charge is 2.26. The molecule has 0 bridgehead atoms. The Morgan fingerprint density at radius 3 is 2.74 bits per heavy atom. The summed E-state index contributed by atoms with van der Waals surface area (Å²) in [4.78, 5) is 16.4. The molecular weight excluding hydrogens is 420 g/mol. The normalized spacial score (nSPS) is 15.1. The van der Waals surface area contributed by atoms with Crippen LogP contribution in [-0.2, 0) is 13.0 Å². The summed E-state index contributed by atoms with van der Waals surface area (Å²) in [5.41, 5.74) is 3.51. The van der Waals surface area contributed by atoms with Crippen LogP contribution in [-0.4, -0.2) is 23.9 Å². The molecule has 4 rings (SSSR count). The number of hydrogen-bond donors (Lipinski definition) is 1. The molecule has 3 nitrogen and oxygen atoms in total. The minimum absolute atomic E-state index is 0.0322. The summed E-state index contributed by atoms with van der Waals surface area (Å²) in [7, 11) is 0. The van der Waals surface area contributed by atoms with Crippen molar-refractivity contribution in [3.63, 3.8) is 0 Å². The van der Waals surface area contributed by atoms with Crippen LogP contribution in [0.15, 0.2) is 70.5 Å². The number of carbonyl (C=O) groups excluding carboxylic acids is 1. The van der Waals surface area contributed by atoms with E-state index in [2.05, 4.69) is 67.9 Å². The molecule has 27 heavy (non-hydrogen) atoms. The Balaban J connectivity index is 1.50. The molecule has 0 saturated carbocycles. The summed E-state index contributed by atoms with van der Waals surface area (Å²) in [6.45, 7) is 2.53. The highest BCUT2D eigenvalue weighted by atomic mass is 79.9. The van der Waals surface area contributed by atoms with Crippen molar-refractivity contribution < 1.29 is 4.79 Å². The third-order valence-electron chi connectivity index (χ3n) is 5.02. The first-order valence-corrected chi connectivity index (χ1v) is 10.8. The summed E-state index contributed by atoms with van der Waals surface area (Å²) in [6, 6.07) is 20.6. The maximum absolute atomic E-state index is 12.6. The molecule has 0 fully saturated rings. The van der Waals surface area contributed by atoms with Crippen LogP contribution < -0.4 is 5.32 Å². The van der Waals surface area contributed by atoms with Gasteiger partial charge in [0.2, 0.25) is 0 Å². The Morgan fingerprint density at radius 2 is 1.96 bits per heavy atom. The van der Waals surface area contributed by atoms with Gasteiger partial charge >= 0.3 is 0 Å². The molecular formula is C22H21BrN2OS. The van der Waals surface area contributed by atoms with Crippen LogP contribution in [0.25, 0.3) is 0 Å². The second-order valence-electron chi connectivity index (χ2n) is 6.74. The van der Waals surface area contributed by atoms with Gasteiger partial charge in [-0.2, -0.15) is 0 Å². The van der Waals surface area contributed by atoms with Gasteiger partial charge in [-0.1, -0.05) is 52.3 Å². The van der Waals surface area contributed by atoms with Crippen molar-refractivity contribution in [2.45, 2.75) is 19.0 Å². The third-order valence-corrected chi connectivity index (χ3v) is 6.48. The van der Waals surface area contributed by atoms with Crippen LogP contribution in [0, 0.1) is 0 Å². The van der Waals surface area contributed by atoms with Crippen LogP contribution in [0.1, 0.15) is 32.4 Å². The second kappa shape index (κ2) is 8.38. The summed E-state index contributed by atoms with van der Waals surface area (Å²) in [5.74, 6) is -0.0322. The van der Waals surface area contributed by atoms with E-state index in [0.717, 1.165) is 24.0 Å². The Bertz CT molecular complexity index is 926. The summed E-state index contributed by atoms with van der Waals surface area (Å²) < 4.78 is 0.914. The number of amides is 1. The van der Waals surface area contributed by atoms with Crippen LogP contribution in [0.2, 0.25) is 0 Å². The summed E-state index contributed by atoms with van der Waals surface area (Å²) in [6.07, 6.45) is 1.05. The topological polar surface area (TPSA) is 32.3 Å². The Kier molecular flexibility index (Phi) is 5.72. The standard InChI is InChI=1S/C22H21BrN2OS/c23-19-8-3-7-17(13-19)22(26)24-14-20(21-9-4-12-27-21)25-11-10-16-5-1-2-6-18(16)15-25/h1-9,12-13,20H,10-11,14-15H2,(H,24,26)/t20-/m0/s1. The molecule has 0 radical (unpaired) electrons. The van der Waals surface area contributed by atoms with Gasteiger partial charge in [0.1, 0.15) is 0 Å². The average Bonchev–Trinajstić information content (AvgIpc) is 3.22. The number of nitrogens with zero attached hydrogens (tertiary/aromatic N) is 1. The van der Waals surface area contributed by atoms with Crippen molar-refractivity contribution >= 4 is 33.2 Å². The SMILES string of the molecule is O=C(NC[C@@H](c1cccs1)N1CCc2ccccc2C1)c1cccc(Br)c1. The van der Waals surface area contributed by atoms with E-state index in [0.29, 0.717) is 12.1 Å². The number of carbonyl (C=O) groups is 1. The smallest absolute Gasteiger partial charge is 0.251 e. The first-order valence-electron chi connectivity index (χ1n) is 9.09. The molecule has 2 aromatic carbocycles. The lowest BCUT2D eigenvalue weighted by atomic mass is 9.98. The fraction of sp³-hybridized carbons (Fsp3) is 0.227. The van der Waals surface area contributed by atoms with Gasteiger partial charge < -0.3 is 5.32 Å². The van der Waals surface area contributed by atoms with E-state index < -0.39 is 0 Å². The molecule has 1 atom stereocenters. The highest BCUT2D eigenvalue weighted by Crippen LogP contribution is 2.30. The third kappa shape index (κ3) is 4.32. The molecule has 1 aromatic heterocycles. The Hall–Kier alpha value is -1.95. The maximum Gasteiger partial charge on any atom is 0.251 e. The number of fused-ring (bicyclic) bond motifs is 1. The molecule has 1 amide bonds. The van der Waals surface area contributed by atoms with E-state index >= 15 is 0 Å². The number of halogens is 1. The lowest BCUT2D eigenvalue weighted by Gasteiger charge is -2.35. The molecule has 138 valence electrons. The van der Waals surface area contributed by atoms with Crippen molar-refractivity contribution in [1.29, 1.82) is 0 Å².